The van der Waals surface area contributed by atoms with Crippen LogP contribution in [0.25, 0.3) is 0 Å². The fourth-order valence-electron chi connectivity index (χ4n) is 2.62. The fourth-order valence-corrected chi connectivity index (χ4v) is 2.62. The number of para-hydroxylation sites is 1. The second-order valence-corrected chi connectivity index (χ2v) is 4.88. The normalized spacial score (nSPS) is 17.3. The Morgan fingerprint density at radius 2 is 2.14 bits per heavy atom. The SMILES string of the molecule is O=C(O)C1CCN(C(=O)Cn2cncn2)c2ccccc21. The van der Waals surface area contributed by atoms with Crippen LogP contribution in [0.5, 0.6) is 0 Å². The van der Waals surface area contributed by atoms with Gasteiger partial charge in [0.25, 0.3) is 0 Å². The number of hydrogen-bond acceptors (Lipinski definition) is 4. The molecule has 0 radical (unpaired) electrons. The van der Waals surface area contributed by atoms with Crippen LogP contribution in [0.3, 0.4) is 0 Å². The lowest BCUT2D eigenvalue weighted by Crippen LogP contribution is -2.40. The van der Waals surface area contributed by atoms with Crippen LogP contribution in [0.2, 0.25) is 0 Å². The second-order valence-electron chi connectivity index (χ2n) is 4.88. The summed E-state index contributed by atoms with van der Waals surface area (Å²) in [6.45, 7) is 0.480. The highest BCUT2D eigenvalue weighted by Gasteiger charge is 2.32. The van der Waals surface area contributed by atoms with E-state index in [1.807, 2.05) is 0 Å². The first-order chi connectivity index (χ1) is 10.2. The number of nitrogens with zero attached hydrogens (tertiary/aromatic N) is 4. The molecule has 0 saturated heterocycles. The molecule has 0 bridgehead atoms. The second kappa shape index (κ2) is 5.35. The maximum Gasteiger partial charge on any atom is 0.311 e. The van der Waals surface area contributed by atoms with Crippen LogP contribution < -0.4 is 4.90 Å². The maximum absolute atomic E-state index is 12.4. The van der Waals surface area contributed by atoms with E-state index in [9.17, 15) is 14.7 Å². The summed E-state index contributed by atoms with van der Waals surface area (Å²) in [6.07, 6.45) is 3.27. The van der Waals surface area contributed by atoms with Crippen molar-refractivity contribution in [2.45, 2.75) is 18.9 Å². The van der Waals surface area contributed by atoms with Gasteiger partial charge < -0.3 is 10.0 Å². The van der Waals surface area contributed by atoms with Crippen LogP contribution in [0, 0.1) is 0 Å². The predicted molar refractivity (Wildman–Crippen MR) is 73.8 cm³/mol. The van der Waals surface area contributed by atoms with E-state index in [1.165, 1.54) is 17.3 Å². The maximum atomic E-state index is 12.4. The van der Waals surface area contributed by atoms with Crippen molar-refractivity contribution < 1.29 is 14.7 Å². The van der Waals surface area contributed by atoms with Crippen LogP contribution >= 0.6 is 0 Å². The molecule has 108 valence electrons. The van der Waals surface area contributed by atoms with Gasteiger partial charge in [-0.2, -0.15) is 5.10 Å². The topological polar surface area (TPSA) is 88.3 Å². The molecule has 0 saturated carbocycles. The van der Waals surface area contributed by atoms with Crippen molar-refractivity contribution in [3.8, 4) is 0 Å². The molecule has 1 unspecified atom stereocenters. The number of hydrogen-bond donors (Lipinski definition) is 1. The van der Waals surface area contributed by atoms with Gasteiger partial charge in [0.05, 0.1) is 5.92 Å². The quantitative estimate of drug-likeness (QED) is 0.905. The van der Waals surface area contributed by atoms with E-state index in [2.05, 4.69) is 10.1 Å². The van der Waals surface area contributed by atoms with Crippen LogP contribution in [-0.2, 0) is 16.1 Å². The third-order valence-electron chi connectivity index (χ3n) is 3.61. The molecule has 0 fully saturated rings. The van der Waals surface area contributed by atoms with Gasteiger partial charge in [-0.1, -0.05) is 18.2 Å². The number of benzene rings is 1. The summed E-state index contributed by atoms with van der Waals surface area (Å²) in [5.74, 6) is -1.54. The summed E-state index contributed by atoms with van der Waals surface area (Å²) in [5, 5.41) is 13.2. The van der Waals surface area contributed by atoms with E-state index < -0.39 is 11.9 Å². The minimum Gasteiger partial charge on any atom is -0.481 e. The lowest BCUT2D eigenvalue weighted by molar-refractivity contribution is -0.139. The van der Waals surface area contributed by atoms with Gasteiger partial charge in [-0.3, -0.25) is 9.59 Å². The summed E-state index contributed by atoms with van der Waals surface area (Å²) < 4.78 is 1.45. The highest BCUT2D eigenvalue weighted by atomic mass is 16.4. The van der Waals surface area contributed by atoms with Crippen molar-refractivity contribution >= 4 is 17.6 Å². The monoisotopic (exact) mass is 286 g/mol. The molecule has 1 aromatic heterocycles. The fraction of sp³-hybridized carbons (Fsp3) is 0.286. The zero-order chi connectivity index (χ0) is 14.8. The van der Waals surface area contributed by atoms with Crippen molar-refractivity contribution in [3.05, 3.63) is 42.5 Å². The van der Waals surface area contributed by atoms with Gasteiger partial charge in [0.1, 0.15) is 19.2 Å². The van der Waals surface area contributed by atoms with E-state index in [1.54, 1.807) is 29.2 Å². The molecular weight excluding hydrogens is 272 g/mol. The Morgan fingerprint density at radius 1 is 1.33 bits per heavy atom. The highest BCUT2D eigenvalue weighted by Crippen LogP contribution is 2.35. The molecule has 3 rings (SSSR count). The number of amides is 1. The minimum absolute atomic E-state index is 0.0894. The first kappa shape index (κ1) is 13.3. The largest absolute Gasteiger partial charge is 0.481 e. The van der Waals surface area contributed by atoms with Crippen molar-refractivity contribution in [2.75, 3.05) is 11.4 Å². The van der Waals surface area contributed by atoms with E-state index in [0.29, 0.717) is 24.2 Å². The molecule has 1 N–H and O–H groups in total. The van der Waals surface area contributed by atoms with E-state index in [-0.39, 0.29) is 12.5 Å². The van der Waals surface area contributed by atoms with Gasteiger partial charge in [-0.05, 0) is 18.1 Å². The molecule has 1 aliphatic heterocycles. The van der Waals surface area contributed by atoms with E-state index >= 15 is 0 Å². The lowest BCUT2D eigenvalue weighted by atomic mass is 9.90. The molecule has 21 heavy (non-hydrogen) atoms. The number of carboxylic acid groups (broad SMARTS) is 1. The molecular formula is C14H14N4O3. The van der Waals surface area contributed by atoms with Crippen molar-refractivity contribution in [3.63, 3.8) is 0 Å². The Morgan fingerprint density at radius 3 is 2.86 bits per heavy atom. The van der Waals surface area contributed by atoms with Gasteiger partial charge in [0.15, 0.2) is 0 Å². The predicted octanol–water partition coefficient (Wildman–Crippen LogP) is 0.883. The Bertz CT molecular complexity index is 669. The molecule has 0 aliphatic carbocycles. The molecule has 1 aromatic carbocycles. The molecule has 1 atom stereocenters. The molecule has 7 nitrogen and oxygen atoms in total. The first-order valence-electron chi connectivity index (χ1n) is 6.61. The smallest absolute Gasteiger partial charge is 0.311 e. The summed E-state index contributed by atoms with van der Waals surface area (Å²) in [6, 6.07) is 7.14. The minimum atomic E-state index is -0.856. The van der Waals surface area contributed by atoms with E-state index in [0.717, 1.165) is 0 Å². The molecule has 1 amide bonds. The molecule has 2 heterocycles. The van der Waals surface area contributed by atoms with Crippen LogP contribution in [0.15, 0.2) is 36.9 Å². The lowest BCUT2D eigenvalue weighted by Gasteiger charge is -2.32. The van der Waals surface area contributed by atoms with Crippen molar-refractivity contribution in [1.29, 1.82) is 0 Å². The summed E-state index contributed by atoms with van der Waals surface area (Å²) >= 11 is 0. The third kappa shape index (κ3) is 2.49. The number of anilines is 1. The van der Waals surface area contributed by atoms with Gasteiger partial charge >= 0.3 is 5.97 Å². The summed E-state index contributed by atoms with van der Waals surface area (Å²) in [4.78, 5) is 29.1. The number of carbonyl (C=O) groups is 2. The zero-order valence-electron chi connectivity index (χ0n) is 11.2. The van der Waals surface area contributed by atoms with Crippen molar-refractivity contribution in [2.24, 2.45) is 0 Å². The van der Waals surface area contributed by atoms with Crippen LogP contribution in [-0.4, -0.2) is 38.3 Å². The number of aromatic nitrogens is 3. The van der Waals surface area contributed by atoms with Crippen molar-refractivity contribution in [1.82, 2.24) is 14.8 Å². The first-order valence-corrected chi connectivity index (χ1v) is 6.61. The number of fused-ring (bicyclic) bond motifs is 1. The van der Waals surface area contributed by atoms with Gasteiger partial charge in [-0.15, -0.1) is 0 Å². The number of aliphatic carboxylic acids is 1. The average Bonchev–Trinajstić information content (AvgIpc) is 2.98. The molecule has 7 heteroatoms. The number of carboxylic acids is 1. The Hall–Kier alpha value is -2.70. The average molecular weight is 286 g/mol. The summed E-state index contributed by atoms with van der Waals surface area (Å²) in [5.41, 5.74) is 1.35. The Balaban J connectivity index is 1.89. The Labute approximate surface area is 120 Å². The van der Waals surface area contributed by atoms with Gasteiger partial charge in [0.2, 0.25) is 5.91 Å². The van der Waals surface area contributed by atoms with Crippen LogP contribution in [0.1, 0.15) is 17.9 Å². The number of carbonyl (C=O) groups excluding carboxylic acids is 1. The Kier molecular flexibility index (Phi) is 3.39. The number of rotatable bonds is 3. The summed E-state index contributed by atoms with van der Waals surface area (Å²) in [7, 11) is 0. The highest BCUT2D eigenvalue weighted by molar-refractivity contribution is 5.96. The standard InChI is InChI=1S/C14H14N4O3/c19-13(7-17-9-15-8-16-17)18-6-5-11(14(20)21)10-3-1-2-4-12(10)18/h1-4,8-9,11H,5-7H2,(H,20,21). The van der Waals surface area contributed by atoms with Gasteiger partial charge in [0, 0.05) is 12.2 Å². The van der Waals surface area contributed by atoms with Crippen LogP contribution in [0.4, 0.5) is 5.69 Å². The molecule has 0 spiro atoms. The van der Waals surface area contributed by atoms with Gasteiger partial charge in [-0.25, -0.2) is 9.67 Å². The zero-order valence-corrected chi connectivity index (χ0v) is 11.2. The van der Waals surface area contributed by atoms with E-state index in [4.69, 9.17) is 0 Å². The molecule has 1 aliphatic rings. The molecule has 2 aromatic rings. The third-order valence-corrected chi connectivity index (χ3v) is 3.61.